The molecule has 2 aromatic carbocycles. The molecule has 3 heterocycles. The molecule has 0 N–H and O–H groups in total. The van der Waals surface area contributed by atoms with Crippen molar-refractivity contribution in [2.75, 3.05) is 4.90 Å². The first-order chi connectivity index (χ1) is 16.6. The summed E-state index contributed by atoms with van der Waals surface area (Å²) in [5, 5.41) is 13.2. The lowest BCUT2D eigenvalue weighted by molar-refractivity contribution is -0.380. The van der Waals surface area contributed by atoms with E-state index in [1.54, 1.807) is 17.4 Å². The van der Waals surface area contributed by atoms with Crippen molar-refractivity contribution >= 4 is 51.0 Å². The molecule has 5 nitrogen and oxygen atoms in total. The molecule has 166 valence electrons. The van der Waals surface area contributed by atoms with Crippen LogP contribution < -0.4 is 4.90 Å². The van der Waals surface area contributed by atoms with E-state index < -0.39 is 0 Å². The van der Waals surface area contributed by atoms with Crippen molar-refractivity contribution in [3.05, 3.63) is 115 Å². The summed E-state index contributed by atoms with van der Waals surface area (Å²) in [6.07, 6.45) is 3.81. The van der Waals surface area contributed by atoms with Gasteiger partial charge in [-0.1, -0.05) is 47.4 Å². The number of fused-ring (bicyclic) bond motifs is 1. The highest BCUT2D eigenvalue weighted by atomic mass is 32.1. The fourth-order valence-electron chi connectivity index (χ4n) is 3.73. The third-order valence-corrected chi connectivity index (χ3v) is 7.15. The second-order valence-corrected chi connectivity index (χ2v) is 9.72. The van der Waals surface area contributed by atoms with Crippen molar-refractivity contribution in [2.24, 2.45) is 4.99 Å². The Morgan fingerprint density at radius 3 is 2.71 bits per heavy atom. The molecule has 0 bridgehead atoms. The number of amidine groups is 1. The molecule has 0 aliphatic carbocycles. The number of anilines is 1. The average molecular weight is 482 g/mol. The van der Waals surface area contributed by atoms with Crippen LogP contribution in [0.1, 0.15) is 26.4 Å². The van der Waals surface area contributed by atoms with E-state index in [1.165, 1.54) is 6.07 Å². The van der Waals surface area contributed by atoms with Gasteiger partial charge in [-0.15, -0.1) is 11.3 Å². The molecule has 0 saturated carbocycles. The van der Waals surface area contributed by atoms with Crippen molar-refractivity contribution in [1.82, 2.24) is 0 Å². The zero-order valence-electron chi connectivity index (χ0n) is 18.3. The van der Waals surface area contributed by atoms with Gasteiger partial charge in [0.25, 0.3) is 0 Å². The first-order valence-corrected chi connectivity index (χ1v) is 12.3. The van der Waals surface area contributed by atoms with E-state index in [1.807, 2.05) is 53.9 Å². The van der Waals surface area contributed by atoms with E-state index in [-0.39, 0.29) is 9.92 Å². The summed E-state index contributed by atoms with van der Waals surface area (Å²) in [5.74, 6) is 7.24. The van der Waals surface area contributed by atoms with Crippen LogP contribution in [0.2, 0.25) is 0 Å². The highest BCUT2D eigenvalue weighted by molar-refractivity contribution is 7.16. The Bertz CT molecular complexity index is 1490. The summed E-state index contributed by atoms with van der Waals surface area (Å²) in [5.41, 5.74) is 5.20. The highest BCUT2D eigenvalue weighted by Crippen LogP contribution is 2.32. The summed E-state index contributed by atoms with van der Waals surface area (Å²) >= 11 is 2.78. The molecule has 34 heavy (non-hydrogen) atoms. The molecule has 0 fully saturated rings. The zero-order chi connectivity index (χ0) is 23.5. The van der Waals surface area contributed by atoms with Gasteiger partial charge in [-0.05, 0) is 72.0 Å². The predicted molar refractivity (Wildman–Crippen MR) is 141 cm³/mol. The Balaban J connectivity index is 1.48. The molecule has 5 rings (SSSR count). The molecule has 0 spiro atoms. The van der Waals surface area contributed by atoms with Crippen molar-refractivity contribution in [3.63, 3.8) is 0 Å². The molecule has 4 aromatic rings. The maximum atomic E-state index is 11.0. The molecule has 0 radical (unpaired) electrons. The van der Waals surface area contributed by atoms with Gasteiger partial charge in [-0.25, -0.2) is 4.99 Å². The summed E-state index contributed by atoms with van der Waals surface area (Å²) in [7, 11) is 0. The number of nitro groups is 1. The summed E-state index contributed by atoms with van der Waals surface area (Å²) in [4.78, 5) is 19.6. The van der Waals surface area contributed by atoms with Gasteiger partial charge in [0.2, 0.25) is 0 Å². The van der Waals surface area contributed by atoms with Crippen LogP contribution in [0.4, 0.5) is 16.4 Å². The van der Waals surface area contributed by atoms with Gasteiger partial charge < -0.3 is 4.90 Å². The average Bonchev–Trinajstić information content (AvgIpc) is 3.53. The van der Waals surface area contributed by atoms with Gasteiger partial charge in [0.1, 0.15) is 5.84 Å². The van der Waals surface area contributed by atoms with E-state index in [0.29, 0.717) is 6.54 Å². The molecule has 1 aliphatic rings. The SMILES string of the molecule is Cc1cc(C#Cc2cccs2)ccc1N1Cc2ccccc2N=C1C=Cc1ccc([N+](=O)[O-])s1. The number of aliphatic imine (C=N–C) groups is 1. The third kappa shape index (κ3) is 4.69. The minimum Gasteiger partial charge on any atom is -0.322 e. The number of benzene rings is 2. The largest absolute Gasteiger partial charge is 0.324 e. The number of hydrogen-bond acceptors (Lipinski definition) is 6. The van der Waals surface area contributed by atoms with Crippen molar-refractivity contribution in [3.8, 4) is 11.8 Å². The molecule has 0 amide bonds. The number of hydrogen-bond donors (Lipinski definition) is 0. The number of nitrogens with zero attached hydrogens (tertiary/aromatic N) is 3. The first-order valence-electron chi connectivity index (χ1n) is 10.6. The van der Waals surface area contributed by atoms with Gasteiger partial charge in [-0.2, -0.15) is 0 Å². The van der Waals surface area contributed by atoms with Gasteiger partial charge in [0.05, 0.1) is 22.0 Å². The van der Waals surface area contributed by atoms with Crippen molar-refractivity contribution in [2.45, 2.75) is 13.5 Å². The first kappa shape index (κ1) is 21.8. The second kappa shape index (κ2) is 9.48. The van der Waals surface area contributed by atoms with E-state index in [9.17, 15) is 10.1 Å². The lowest BCUT2D eigenvalue weighted by Gasteiger charge is -2.30. The maximum Gasteiger partial charge on any atom is 0.324 e. The van der Waals surface area contributed by atoms with Crippen LogP contribution in [-0.4, -0.2) is 10.8 Å². The fraction of sp³-hybridized carbons (Fsp3) is 0.0741. The Labute approximate surface area is 205 Å². The van der Waals surface area contributed by atoms with Gasteiger partial charge in [0, 0.05) is 22.2 Å². The standard InChI is InChI=1S/C27H19N3O2S2/c1-19-17-20(8-10-22-6-4-16-33-22)9-13-25(19)29-18-21-5-2-3-7-24(21)28-26(29)14-11-23-12-15-27(34-23)30(31)32/h2-7,9,11-17H,18H2,1H3. The Kier molecular flexibility index (Phi) is 6.09. The number of thiophene rings is 2. The zero-order valence-corrected chi connectivity index (χ0v) is 19.9. The number of para-hydroxylation sites is 1. The lowest BCUT2D eigenvalue weighted by Crippen LogP contribution is -2.31. The molecule has 0 unspecified atom stereocenters. The molecule has 0 atom stereocenters. The van der Waals surface area contributed by atoms with Crippen molar-refractivity contribution < 1.29 is 4.92 Å². The number of aryl methyl sites for hydroxylation is 1. The van der Waals surface area contributed by atoms with Crippen LogP contribution in [-0.2, 0) is 6.54 Å². The minimum atomic E-state index is -0.366. The smallest absolute Gasteiger partial charge is 0.322 e. The summed E-state index contributed by atoms with van der Waals surface area (Å²) < 4.78 is 0. The molecule has 0 saturated heterocycles. The monoisotopic (exact) mass is 481 g/mol. The van der Waals surface area contributed by atoms with Crippen molar-refractivity contribution in [1.29, 1.82) is 0 Å². The Hall–Kier alpha value is -3.99. The molecule has 7 heteroatoms. The van der Waals surface area contributed by atoms with Crippen LogP contribution in [0.15, 0.2) is 83.2 Å². The van der Waals surface area contributed by atoms with E-state index in [0.717, 1.165) is 55.0 Å². The quantitative estimate of drug-likeness (QED) is 0.176. The van der Waals surface area contributed by atoms with Crippen LogP contribution in [0.25, 0.3) is 6.08 Å². The Morgan fingerprint density at radius 1 is 1.06 bits per heavy atom. The highest BCUT2D eigenvalue weighted by Gasteiger charge is 2.21. The van der Waals surface area contributed by atoms with Crippen LogP contribution in [0, 0.1) is 28.9 Å². The van der Waals surface area contributed by atoms with Crippen LogP contribution in [0.5, 0.6) is 0 Å². The van der Waals surface area contributed by atoms with Gasteiger partial charge >= 0.3 is 5.00 Å². The van der Waals surface area contributed by atoms with E-state index in [2.05, 4.69) is 41.9 Å². The molecule has 1 aliphatic heterocycles. The topological polar surface area (TPSA) is 58.7 Å². The van der Waals surface area contributed by atoms with Gasteiger partial charge in [-0.3, -0.25) is 10.1 Å². The Morgan fingerprint density at radius 2 is 1.94 bits per heavy atom. The summed E-state index contributed by atoms with van der Waals surface area (Å²) in [6.45, 7) is 2.77. The molecular formula is C27H19N3O2S2. The lowest BCUT2D eigenvalue weighted by atomic mass is 10.1. The predicted octanol–water partition coefficient (Wildman–Crippen LogP) is 7.19. The normalized spacial score (nSPS) is 12.7. The molecule has 2 aromatic heterocycles. The summed E-state index contributed by atoms with van der Waals surface area (Å²) in [6, 6.07) is 21.6. The van der Waals surface area contributed by atoms with E-state index >= 15 is 0 Å². The van der Waals surface area contributed by atoms with Crippen LogP contribution >= 0.6 is 22.7 Å². The fourth-order valence-corrected chi connectivity index (χ4v) is 5.03. The van der Waals surface area contributed by atoms with E-state index in [4.69, 9.17) is 4.99 Å². The second-order valence-electron chi connectivity index (χ2n) is 7.68. The third-order valence-electron chi connectivity index (χ3n) is 5.36. The van der Waals surface area contributed by atoms with Gasteiger partial charge in [0.15, 0.2) is 0 Å². The maximum absolute atomic E-state index is 11.0. The minimum absolute atomic E-state index is 0.127. The van der Waals surface area contributed by atoms with Crippen LogP contribution in [0.3, 0.4) is 0 Å². The molecular weight excluding hydrogens is 462 g/mol. The number of rotatable bonds is 4.